The van der Waals surface area contributed by atoms with Crippen molar-refractivity contribution in [2.45, 2.75) is 20.4 Å². The number of aryl methyl sites for hydroxylation is 1. The molecule has 0 radical (unpaired) electrons. The minimum atomic E-state index is -0.0709. The molecule has 0 aliphatic rings. The second-order valence-corrected chi connectivity index (χ2v) is 6.37. The first-order valence-corrected chi connectivity index (χ1v) is 8.59. The molecule has 0 fully saturated rings. The van der Waals surface area contributed by atoms with E-state index in [1.54, 1.807) is 6.20 Å². The number of ketones is 1. The summed E-state index contributed by atoms with van der Waals surface area (Å²) in [5.41, 5.74) is 3.66. The van der Waals surface area contributed by atoms with E-state index >= 15 is 0 Å². The lowest BCUT2D eigenvalue weighted by molar-refractivity contribution is -0.191. The Morgan fingerprint density at radius 2 is 2.04 bits per heavy atom. The molecule has 0 saturated carbocycles. The Morgan fingerprint density at radius 3 is 2.67 bits per heavy atom. The minimum Gasteiger partial charge on any atom is -0.394 e. The third-order valence-corrected chi connectivity index (χ3v) is 4.65. The van der Waals surface area contributed by atoms with Gasteiger partial charge in [0.2, 0.25) is 5.82 Å². The van der Waals surface area contributed by atoms with Gasteiger partial charge >= 0.3 is 6.15 Å². The highest BCUT2D eigenvalue weighted by Crippen LogP contribution is 2.25. The number of carbonyl (C=O) groups is 1. The number of halogens is 1. The van der Waals surface area contributed by atoms with Gasteiger partial charge in [0.1, 0.15) is 0 Å². The van der Waals surface area contributed by atoms with Crippen molar-refractivity contribution in [3.8, 4) is 11.5 Å². The van der Waals surface area contributed by atoms with Crippen molar-refractivity contribution in [2.75, 3.05) is 6.61 Å². The van der Waals surface area contributed by atoms with Crippen molar-refractivity contribution >= 4 is 27.9 Å². The van der Waals surface area contributed by atoms with Crippen LogP contribution in [0.1, 0.15) is 27.0 Å². The van der Waals surface area contributed by atoms with Gasteiger partial charge in [-0.15, -0.1) is 10.2 Å². The number of tetrazole rings is 1. The summed E-state index contributed by atoms with van der Waals surface area (Å²) in [6.07, 6.45) is 1.91. The molecule has 1 aromatic carbocycles. The topological polar surface area (TPSA) is 131 Å². The Kier molecular flexibility index (Phi) is 6.89. The standard InChI is InChI=1S/C16H16BrN5O2.CO2/c1-9-3-4-11(7-13(9)17)15(24)12-8-18-14(10(12)2)16-19-21-22(20-16)5-6-23;2-1-3/h3-4,7-8,18,23H,5-6H2,1-2H3;. The molecule has 0 spiro atoms. The van der Waals surface area contributed by atoms with E-state index < -0.39 is 0 Å². The van der Waals surface area contributed by atoms with Crippen LogP contribution in [0.25, 0.3) is 11.5 Å². The van der Waals surface area contributed by atoms with E-state index in [0.717, 1.165) is 15.6 Å². The number of aliphatic hydroxyl groups excluding tert-OH is 1. The maximum Gasteiger partial charge on any atom is 0.373 e. The fourth-order valence-corrected chi connectivity index (χ4v) is 2.76. The molecule has 0 amide bonds. The van der Waals surface area contributed by atoms with E-state index in [1.807, 2.05) is 32.0 Å². The molecular formula is C17H16BrN5O4. The molecule has 0 bridgehead atoms. The summed E-state index contributed by atoms with van der Waals surface area (Å²) in [5.74, 6) is 0.323. The summed E-state index contributed by atoms with van der Waals surface area (Å²) in [7, 11) is 0. The number of aliphatic hydroxyl groups is 1. The van der Waals surface area contributed by atoms with Crippen molar-refractivity contribution in [3.63, 3.8) is 0 Å². The third-order valence-electron chi connectivity index (χ3n) is 3.79. The van der Waals surface area contributed by atoms with Gasteiger partial charge in [0.05, 0.1) is 18.8 Å². The smallest absolute Gasteiger partial charge is 0.373 e. The van der Waals surface area contributed by atoms with E-state index in [4.69, 9.17) is 14.7 Å². The van der Waals surface area contributed by atoms with Gasteiger partial charge < -0.3 is 10.1 Å². The summed E-state index contributed by atoms with van der Waals surface area (Å²) in [6.45, 7) is 4.02. The van der Waals surface area contributed by atoms with Crippen LogP contribution in [0.5, 0.6) is 0 Å². The normalized spacial score (nSPS) is 10.1. The minimum absolute atomic E-state index is 0.0639. The number of carbonyl (C=O) groups excluding carboxylic acids is 3. The Morgan fingerprint density at radius 1 is 1.33 bits per heavy atom. The van der Waals surface area contributed by atoms with Crippen LogP contribution in [-0.4, -0.2) is 48.8 Å². The van der Waals surface area contributed by atoms with Crippen molar-refractivity contribution in [3.05, 3.63) is 51.1 Å². The van der Waals surface area contributed by atoms with Crippen LogP contribution in [-0.2, 0) is 16.1 Å². The number of nitrogens with zero attached hydrogens (tertiary/aromatic N) is 4. The first-order chi connectivity index (χ1) is 12.9. The molecule has 2 heterocycles. The largest absolute Gasteiger partial charge is 0.394 e. The van der Waals surface area contributed by atoms with Gasteiger partial charge in [-0.2, -0.15) is 14.4 Å². The molecule has 140 valence electrons. The number of H-pyrrole nitrogens is 1. The van der Waals surface area contributed by atoms with E-state index in [2.05, 4.69) is 36.3 Å². The number of rotatable bonds is 5. The SMILES string of the molecule is Cc1ccc(C(=O)c2c[nH]c(-c3nnn(CCO)n3)c2C)cc1Br.O=C=O. The van der Waals surface area contributed by atoms with Crippen LogP contribution in [0.4, 0.5) is 0 Å². The van der Waals surface area contributed by atoms with Gasteiger partial charge in [-0.25, -0.2) is 0 Å². The van der Waals surface area contributed by atoms with Crippen LogP contribution < -0.4 is 0 Å². The monoisotopic (exact) mass is 433 g/mol. The lowest BCUT2D eigenvalue weighted by Crippen LogP contribution is -2.05. The highest BCUT2D eigenvalue weighted by Gasteiger charge is 2.19. The second kappa shape index (κ2) is 9.13. The molecule has 0 aliphatic heterocycles. The Labute approximate surface area is 162 Å². The van der Waals surface area contributed by atoms with Crippen LogP contribution in [0.15, 0.2) is 28.9 Å². The molecule has 3 aromatic rings. The van der Waals surface area contributed by atoms with E-state index in [0.29, 0.717) is 22.6 Å². The van der Waals surface area contributed by atoms with Crippen LogP contribution in [0, 0.1) is 13.8 Å². The number of aromatic nitrogens is 5. The maximum absolute atomic E-state index is 12.7. The van der Waals surface area contributed by atoms with Gasteiger partial charge in [0.15, 0.2) is 5.78 Å². The summed E-state index contributed by atoms with van der Waals surface area (Å²) >= 11 is 3.45. The van der Waals surface area contributed by atoms with Crippen LogP contribution in [0.3, 0.4) is 0 Å². The van der Waals surface area contributed by atoms with Crippen molar-refractivity contribution in [1.82, 2.24) is 25.2 Å². The average molecular weight is 434 g/mol. The Bertz CT molecular complexity index is 989. The zero-order valence-corrected chi connectivity index (χ0v) is 16.1. The molecule has 0 aliphatic carbocycles. The van der Waals surface area contributed by atoms with Crippen LogP contribution >= 0.6 is 15.9 Å². The molecule has 0 unspecified atom stereocenters. The molecule has 10 heteroatoms. The maximum atomic E-state index is 12.7. The number of aromatic amines is 1. The lowest BCUT2D eigenvalue weighted by Gasteiger charge is -2.03. The predicted molar refractivity (Wildman–Crippen MR) is 96.7 cm³/mol. The molecule has 9 nitrogen and oxygen atoms in total. The highest BCUT2D eigenvalue weighted by molar-refractivity contribution is 9.10. The summed E-state index contributed by atoms with van der Waals surface area (Å²) in [4.78, 5) is 33.4. The van der Waals surface area contributed by atoms with Gasteiger partial charge in [-0.05, 0) is 36.3 Å². The van der Waals surface area contributed by atoms with Crippen molar-refractivity contribution < 1.29 is 19.5 Å². The summed E-state index contributed by atoms with van der Waals surface area (Å²) in [5, 5.41) is 20.9. The number of hydrogen-bond donors (Lipinski definition) is 2. The van der Waals surface area contributed by atoms with E-state index in [1.165, 1.54) is 4.80 Å². The Hall–Kier alpha value is -2.94. The average Bonchev–Trinajstić information content (AvgIpc) is 3.24. The third kappa shape index (κ3) is 4.62. The fourth-order valence-electron chi connectivity index (χ4n) is 2.38. The Balaban J connectivity index is 0.000000817. The molecule has 3 rings (SSSR count). The molecule has 2 aromatic heterocycles. The fraction of sp³-hybridized carbons (Fsp3) is 0.235. The van der Waals surface area contributed by atoms with Crippen molar-refractivity contribution in [2.24, 2.45) is 0 Å². The number of nitrogens with one attached hydrogen (secondary N) is 1. The quantitative estimate of drug-likeness (QED) is 0.585. The second-order valence-electron chi connectivity index (χ2n) is 5.51. The lowest BCUT2D eigenvalue weighted by atomic mass is 10.0. The highest BCUT2D eigenvalue weighted by atomic mass is 79.9. The van der Waals surface area contributed by atoms with Gasteiger partial charge in [0, 0.05) is 21.8 Å². The van der Waals surface area contributed by atoms with Gasteiger partial charge in [-0.3, -0.25) is 4.79 Å². The van der Waals surface area contributed by atoms with Gasteiger partial charge in [0.25, 0.3) is 0 Å². The summed E-state index contributed by atoms with van der Waals surface area (Å²) in [6, 6.07) is 5.53. The molecule has 0 atom stereocenters. The number of hydrogen-bond acceptors (Lipinski definition) is 7. The zero-order valence-electron chi connectivity index (χ0n) is 14.6. The first-order valence-electron chi connectivity index (χ1n) is 7.80. The predicted octanol–water partition coefficient (Wildman–Crippen LogP) is 1.69. The van der Waals surface area contributed by atoms with E-state index in [9.17, 15) is 4.79 Å². The van der Waals surface area contributed by atoms with Gasteiger partial charge in [-0.1, -0.05) is 28.1 Å². The zero-order chi connectivity index (χ0) is 20.0. The summed E-state index contributed by atoms with van der Waals surface area (Å²) < 4.78 is 0.898. The molecular weight excluding hydrogens is 418 g/mol. The number of benzene rings is 1. The molecule has 2 N–H and O–H groups in total. The van der Waals surface area contributed by atoms with Crippen molar-refractivity contribution in [1.29, 1.82) is 0 Å². The molecule has 27 heavy (non-hydrogen) atoms. The van der Waals surface area contributed by atoms with Crippen LogP contribution in [0.2, 0.25) is 0 Å². The molecule has 0 saturated heterocycles. The van der Waals surface area contributed by atoms with E-state index in [-0.39, 0.29) is 25.1 Å². The first kappa shape index (κ1) is 20.4.